The van der Waals surface area contributed by atoms with Gasteiger partial charge in [-0.15, -0.1) is 24.5 Å². The van der Waals surface area contributed by atoms with Crippen LogP contribution in [0.3, 0.4) is 0 Å². The fourth-order valence-corrected chi connectivity index (χ4v) is 4.05. The summed E-state index contributed by atoms with van der Waals surface area (Å²) in [5, 5.41) is 0.0366. The monoisotopic (exact) mass is 526 g/mol. The van der Waals surface area contributed by atoms with Crippen LogP contribution in [0.25, 0.3) is 0 Å². The third-order valence-corrected chi connectivity index (χ3v) is 5.04. The summed E-state index contributed by atoms with van der Waals surface area (Å²) in [6.07, 6.45) is -9.74. The molecular formula is C13H6Br2F6N2O2S. The minimum absolute atomic E-state index is 0.0146. The number of carbonyl (C=O) groups is 1. The predicted octanol–water partition coefficient (Wildman–Crippen LogP) is 6.09. The molecule has 0 spiro atoms. The number of aromatic nitrogens is 1. The van der Waals surface area contributed by atoms with Gasteiger partial charge in [-0.25, -0.2) is 8.91 Å². The quantitative estimate of drug-likeness (QED) is 0.358. The van der Waals surface area contributed by atoms with Crippen molar-refractivity contribution in [1.29, 1.82) is 0 Å². The molecule has 0 bridgehead atoms. The number of hydrogen-bond donors (Lipinski definition) is 0. The van der Waals surface area contributed by atoms with Gasteiger partial charge in [0.25, 0.3) is 5.91 Å². The number of rotatable bonds is 3. The van der Waals surface area contributed by atoms with Gasteiger partial charge in [0, 0.05) is 4.47 Å². The Morgan fingerprint density at radius 2 is 1.85 bits per heavy atom. The number of benzene rings is 1. The molecule has 13 heteroatoms. The molecule has 0 unspecified atom stereocenters. The second-order valence-electron chi connectivity index (χ2n) is 4.66. The Hall–Kier alpha value is -1.34. The summed E-state index contributed by atoms with van der Waals surface area (Å²) in [5.74, 6) is -1.64. The van der Waals surface area contributed by atoms with Crippen LogP contribution >= 0.6 is 43.4 Å². The minimum Gasteiger partial charge on any atom is -0.406 e. The molecule has 0 saturated carbocycles. The van der Waals surface area contributed by atoms with Crippen LogP contribution in [0.15, 0.2) is 22.7 Å². The van der Waals surface area contributed by atoms with Gasteiger partial charge in [-0.05, 0) is 41.1 Å². The lowest BCUT2D eigenvalue weighted by atomic mass is 10.2. The van der Waals surface area contributed by atoms with Crippen LogP contribution in [-0.2, 0) is 6.18 Å². The first-order chi connectivity index (χ1) is 11.8. The summed E-state index contributed by atoms with van der Waals surface area (Å²) in [6.45, 7) is 1.31. The van der Waals surface area contributed by atoms with Crippen molar-refractivity contribution >= 4 is 55.0 Å². The molecule has 26 heavy (non-hydrogen) atoms. The van der Waals surface area contributed by atoms with Gasteiger partial charge in [-0.3, -0.25) is 4.79 Å². The Kier molecular flexibility index (Phi) is 5.93. The van der Waals surface area contributed by atoms with E-state index in [1.165, 1.54) is 6.92 Å². The van der Waals surface area contributed by atoms with Crippen LogP contribution in [0.4, 0.5) is 32.0 Å². The van der Waals surface area contributed by atoms with Crippen LogP contribution in [-0.4, -0.2) is 17.3 Å². The molecule has 0 aliphatic carbocycles. The van der Waals surface area contributed by atoms with Crippen molar-refractivity contribution in [3.8, 4) is 5.75 Å². The molecule has 2 aromatic rings. The van der Waals surface area contributed by atoms with Crippen molar-refractivity contribution in [2.45, 2.75) is 19.5 Å². The SMILES string of the molecule is Cc1nc(C(F)(F)F)c(C(=O)N(Br)c2ccc(OC(F)(F)F)cc2Br)s1. The van der Waals surface area contributed by atoms with Gasteiger partial charge in [-0.1, -0.05) is 0 Å². The summed E-state index contributed by atoms with van der Waals surface area (Å²) in [6, 6.07) is 2.91. The molecule has 4 nitrogen and oxygen atoms in total. The molecule has 2 rings (SSSR count). The molecule has 1 aromatic heterocycles. The van der Waals surface area contributed by atoms with E-state index in [1.807, 2.05) is 0 Å². The molecule has 0 aliphatic rings. The highest BCUT2D eigenvalue weighted by molar-refractivity contribution is 9.11. The van der Waals surface area contributed by atoms with Gasteiger partial charge in [0.15, 0.2) is 5.69 Å². The highest BCUT2D eigenvalue weighted by Gasteiger charge is 2.40. The van der Waals surface area contributed by atoms with Crippen LogP contribution < -0.4 is 8.66 Å². The first-order valence-electron chi connectivity index (χ1n) is 6.39. The Balaban J connectivity index is 2.35. The summed E-state index contributed by atoms with van der Waals surface area (Å²) >= 11 is 6.34. The van der Waals surface area contributed by atoms with Gasteiger partial charge in [0.2, 0.25) is 0 Å². The van der Waals surface area contributed by atoms with Crippen molar-refractivity contribution in [3.05, 3.63) is 38.3 Å². The Morgan fingerprint density at radius 1 is 1.23 bits per heavy atom. The molecule has 0 fully saturated rings. The maximum Gasteiger partial charge on any atom is 0.573 e. The first kappa shape index (κ1) is 21.0. The van der Waals surface area contributed by atoms with E-state index < -0.39 is 34.8 Å². The number of amides is 1. The number of thiazole rings is 1. The molecule has 0 saturated heterocycles. The summed E-state index contributed by atoms with van der Waals surface area (Å²) in [5.41, 5.74) is -1.36. The van der Waals surface area contributed by atoms with Crippen LogP contribution in [0.5, 0.6) is 5.75 Å². The van der Waals surface area contributed by atoms with E-state index in [1.54, 1.807) is 0 Å². The first-order valence-corrected chi connectivity index (χ1v) is 8.71. The van der Waals surface area contributed by atoms with Crippen LogP contribution in [0.2, 0.25) is 0 Å². The second kappa shape index (κ2) is 7.35. The zero-order valence-corrected chi connectivity index (χ0v) is 16.4. The fourth-order valence-electron chi connectivity index (χ4n) is 1.81. The van der Waals surface area contributed by atoms with Gasteiger partial charge < -0.3 is 4.74 Å². The molecule has 1 amide bonds. The lowest BCUT2D eigenvalue weighted by Gasteiger charge is -2.17. The van der Waals surface area contributed by atoms with Crippen molar-refractivity contribution in [1.82, 2.24) is 4.98 Å². The van der Waals surface area contributed by atoms with E-state index in [-0.39, 0.29) is 15.2 Å². The van der Waals surface area contributed by atoms with E-state index in [2.05, 4.69) is 41.8 Å². The Labute approximate surface area is 163 Å². The van der Waals surface area contributed by atoms with Gasteiger partial charge in [0.1, 0.15) is 10.6 Å². The van der Waals surface area contributed by atoms with Crippen molar-refractivity contribution < 1.29 is 35.9 Å². The minimum atomic E-state index is -4.91. The third kappa shape index (κ3) is 4.88. The number of nitrogens with zero attached hydrogens (tertiary/aromatic N) is 2. The number of hydrogen-bond acceptors (Lipinski definition) is 4. The predicted molar refractivity (Wildman–Crippen MR) is 88.4 cm³/mol. The van der Waals surface area contributed by atoms with Crippen molar-refractivity contribution in [2.24, 2.45) is 0 Å². The number of aryl methyl sites for hydroxylation is 1. The van der Waals surface area contributed by atoms with E-state index in [9.17, 15) is 31.1 Å². The number of ether oxygens (including phenoxy) is 1. The molecule has 1 heterocycles. The summed E-state index contributed by atoms with van der Waals surface area (Å²) in [7, 11) is 0. The fraction of sp³-hybridized carbons (Fsp3) is 0.231. The number of halogens is 8. The average molecular weight is 528 g/mol. The average Bonchev–Trinajstić information content (AvgIpc) is 2.86. The zero-order valence-electron chi connectivity index (χ0n) is 12.4. The topological polar surface area (TPSA) is 42.4 Å². The van der Waals surface area contributed by atoms with Crippen LogP contribution in [0.1, 0.15) is 20.4 Å². The Morgan fingerprint density at radius 3 is 2.35 bits per heavy atom. The second-order valence-corrected chi connectivity index (χ2v) is 7.42. The molecule has 0 radical (unpaired) electrons. The van der Waals surface area contributed by atoms with E-state index in [4.69, 9.17) is 0 Å². The highest BCUT2D eigenvalue weighted by Crippen LogP contribution is 2.38. The lowest BCUT2D eigenvalue weighted by molar-refractivity contribution is -0.274. The molecule has 142 valence electrons. The number of carbonyl (C=O) groups excluding carboxylic acids is 1. The smallest absolute Gasteiger partial charge is 0.406 e. The Bertz CT molecular complexity index is 837. The molecular weight excluding hydrogens is 522 g/mol. The maximum absolute atomic E-state index is 13.0. The number of anilines is 1. The molecule has 1 aromatic carbocycles. The molecule has 0 atom stereocenters. The number of alkyl halides is 6. The largest absolute Gasteiger partial charge is 0.573 e. The van der Waals surface area contributed by atoms with E-state index in [0.29, 0.717) is 15.3 Å². The van der Waals surface area contributed by atoms with E-state index >= 15 is 0 Å². The molecule has 0 aliphatic heterocycles. The van der Waals surface area contributed by atoms with Crippen molar-refractivity contribution in [3.63, 3.8) is 0 Å². The van der Waals surface area contributed by atoms with Gasteiger partial charge in [0.05, 0.1) is 26.8 Å². The highest BCUT2D eigenvalue weighted by atomic mass is 79.9. The zero-order chi connectivity index (χ0) is 19.9. The van der Waals surface area contributed by atoms with Crippen molar-refractivity contribution in [2.75, 3.05) is 3.93 Å². The van der Waals surface area contributed by atoms with Gasteiger partial charge in [-0.2, -0.15) is 13.2 Å². The molecule has 0 N–H and O–H groups in total. The normalized spacial score (nSPS) is 12.2. The summed E-state index contributed by atoms with van der Waals surface area (Å²) in [4.78, 5) is 15.1. The van der Waals surface area contributed by atoms with E-state index in [0.717, 1.165) is 18.2 Å². The van der Waals surface area contributed by atoms with Crippen LogP contribution in [0, 0.1) is 6.92 Å². The lowest BCUT2D eigenvalue weighted by Crippen LogP contribution is -2.23. The van der Waals surface area contributed by atoms with Gasteiger partial charge >= 0.3 is 12.5 Å². The maximum atomic E-state index is 13.0. The standard InChI is InChI=1S/C13H6Br2F6N2O2S/c1-5-22-10(12(16,17)18)9(26-5)11(24)23(15)8-3-2-6(4-7(8)14)25-13(19,20)21/h2-4H,1H3. The summed E-state index contributed by atoms with van der Waals surface area (Å²) < 4.78 is 80.1. The third-order valence-electron chi connectivity index (χ3n) is 2.74.